The standard InChI is InChI=1S/C14H20FN3/c1-10-8-17-14(18-9-10)12-5-4-11(3-2-6-16)13(15)7-12/h10-14,17-18H,4-5,7-9H2,1H3. The molecule has 3 unspecified atom stereocenters. The van der Waals surface area contributed by atoms with Crippen LogP contribution in [0, 0.1) is 40.9 Å². The van der Waals surface area contributed by atoms with Crippen LogP contribution in [0.25, 0.3) is 0 Å². The number of nitriles is 1. The molecule has 0 aromatic heterocycles. The minimum atomic E-state index is -0.896. The van der Waals surface area contributed by atoms with Crippen molar-refractivity contribution in [1.29, 1.82) is 5.26 Å². The summed E-state index contributed by atoms with van der Waals surface area (Å²) in [5.74, 6) is 5.79. The van der Waals surface area contributed by atoms with Gasteiger partial charge in [0.1, 0.15) is 6.17 Å². The minimum absolute atomic E-state index is 0.240. The number of rotatable bonds is 1. The lowest BCUT2D eigenvalue weighted by molar-refractivity contribution is 0.111. The van der Waals surface area contributed by atoms with Gasteiger partial charge in [0.25, 0.3) is 0 Å². The van der Waals surface area contributed by atoms with Gasteiger partial charge in [0.15, 0.2) is 6.07 Å². The smallest absolute Gasteiger partial charge is 0.152 e. The van der Waals surface area contributed by atoms with Crippen LogP contribution in [0.4, 0.5) is 4.39 Å². The SMILES string of the molecule is CC1CNC(C2CCC(C#CC#N)C(F)C2)NC1. The van der Waals surface area contributed by atoms with Crippen LogP contribution in [-0.2, 0) is 0 Å². The Labute approximate surface area is 108 Å². The number of halogens is 1. The van der Waals surface area contributed by atoms with Gasteiger partial charge in [0.2, 0.25) is 0 Å². The van der Waals surface area contributed by atoms with Crippen LogP contribution in [0.3, 0.4) is 0 Å². The molecule has 0 bridgehead atoms. The van der Waals surface area contributed by atoms with Crippen molar-refractivity contribution in [2.75, 3.05) is 13.1 Å². The van der Waals surface area contributed by atoms with Gasteiger partial charge in [0, 0.05) is 19.0 Å². The Hall–Kier alpha value is -1.10. The number of hydrogen-bond donors (Lipinski definition) is 2. The summed E-state index contributed by atoms with van der Waals surface area (Å²) < 4.78 is 14.0. The summed E-state index contributed by atoms with van der Waals surface area (Å²) in [5, 5.41) is 15.3. The molecule has 1 aliphatic carbocycles. The summed E-state index contributed by atoms with van der Waals surface area (Å²) in [6.45, 7) is 4.20. The molecule has 1 saturated heterocycles. The maximum Gasteiger partial charge on any atom is 0.152 e. The Morgan fingerprint density at radius 3 is 2.56 bits per heavy atom. The Bertz CT molecular complexity index is 371. The van der Waals surface area contributed by atoms with Crippen LogP contribution in [0.15, 0.2) is 0 Å². The molecule has 2 rings (SSSR count). The lowest BCUT2D eigenvalue weighted by atomic mass is 9.79. The number of alkyl halides is 1. The van der Waals surface area contributed by atoms with Crippen molar-refractivity contribution >= 4 is 0 Å². The quantitative estimate of drug-likeness (QED) is 0.691. The van der Waals surface area contributed by atoms with Gasteiger partial charge in [-0.1, -0.05) is 12.8 Å². The number of hydrogen-bond acceptors (Lipinski definition) is 3. The third kappa shape index (κ3) is 3.22. The van der Waals surface area contributed by atoms with Crippen molar-refractivity contribution in [1.82, 2.24) is 10.6 Å². The average molecular weight is 249 g/mol. The van der Waals surface area contributed by atoms with Crippen LogP contribution < -0.4 is 10.6 Å². The monoisotopic (exact) mass is 249 g/mol. The molecule has 3 atom stereocenters. The van der Waals surface area contributed by atoms with Crippen molar-refractivity contribution in [2.45, 2.75) is 38.5 Å². The Balaban J connectivity index is 1.86. The maximum absolute atomic E-state index is 14.0. The first kappa shape index (κ1) is 13.3. The van der Waals surface area contributed by atoms with Gasteiger partial charge in [-0.25, -0.2) is 4.39 Å². The lowest BCUT2D eigenvalue weighted by Crippen LogP contribution is -2.56. The molecule has 1 saturated carbocycles. The van der Waals surface area contributed by atoms with Crippen molar-refractivity contribution in [3.8, 4) is 17.9 Å². The zero-order chi connectivity index (χ0) is 13.0. The van der Waals surface area contributed by atoms with E-state index in [0.717, 1.165) is 25.9 Å². The molecule has 0 spiro atoms. The van der Waals surface area contributed by atoms with E-state index < -0.39 is 6.17 Å². The number of nitrogens with zero attached hydrogens (tertiary/aromatic N) is 1. The molecule has 0 aromatic carbocycles. The molecule has 18 heavy (non-hydrogen) atoms. The van der Waals surface area contributed by atoms with E-state index in [2.05, 4.69) is 29.4 Å². The topological polar surface area (TPSA) is 47.9 Å². The van der Waals surface area contributed by atoms with E-state index in [1.54, 1.807) is 6.07 Å². The number of nitrogens with one attached hydrogen (secondary N) is 2. The van der Waals surface area contributed by atoms with E-state index in [1.165, 1.54) is 0 Å². The summed E-state index contributed by atoms with van der Waals surface area (Å²) in [6.07, 6.45) is 1.63. The Morgan fingerprint density at radius 2 is 1.94 bits per heavy atom. The van der Waals surface area contributed by atoms with Gasteiger partial charge < -0.3 is 10.6 Å². The van der Waals surface area contributed by atoms with Crippen LogP contribution in [0.2, 0.25) is 0 Å². The van der Waals surface area contributed by atoms with Crippen LogP contribution in [0.5, 0.6) is 0 Å². The summed E-state index contributed by atoms with van der Waals surface area (Å²) in [7, 11) is 0. The molecule has 0 radical (unpaired) electrons. The molecule has 1 aliphatic heterocycles. The van der Waals surface area contributed by atoms with Gasteiger partial charge >= 0.3 is 0 Å². The highest BCUT2D eigenvalue weighted by Gasteiger charge is 2.34. The highest BCUT2D eigenvalue weighted by molar-refractivity contribution is 5.19. The van der Waals surface area contributed by atoms with Crippen LogP contribution >= 0.6 is 0 Å². The normalized spacial score (nSPS) is 40.4. The van der Waals surface area contributed by atoms with Crippen LogP contribution in [0.1, 0.15) is 26.2 Å². The second kappa shape index (κ2) is 6.18. The summed E-state index contributed by atoms with van der Waals surface area (Å²) in [5.41, 5.74) is 0. The summed E-state index contributed by atoms with van der Waals surface area (Å²) in [6, 6.07) is 1.76. The third-order valence-electron chi connectivity index (χ3n) is 3.97. The van der Waals surface area contributed by atoms with Crippen molar-refractivity contribution in [2.24, 2.45) is 17.8 Å². The molecule has 2 aliphatic rings. The lowest BCUT2D eigenvalue weighted by Gasteiger charge is -2.38. The van der Waals surface area contributed by atoms with Gasteiger partial charge in [-0.05, 0) is 31.1 Å². The van der Waals surface area contributed by atoms with Crippen molar-refractivity contribution in [3.63, 3.8) is 0 Å². The second-order valence-corrected chi connectivity index (χ2v) is 5.48. The molecule has 4 heteroatoms. The molecule has 0 aromatic rings. The Morgan fingerprint density at radius 1 is 1.22 bits per heavy atom. The summed E-state index contributed by atoms with van der Waals surface area (Å²) >= 11 is 0. The fourth-order valence-electron chi connectivity index (χ4n) is 2.87. The van der Waals surface area contributed by atoms with E-state index in [0.29, 0.717) is 18.3 Å². The zero-order valence-electron chi connectivity index (χ0n) is 10.7. The fourth-order valence-corrected chi connectivity index (χ4v) is 2.87. The highest BCUT2D eigenvalue weighted by atomic mass is 19.1. The largest absolute Gasteiger partial charge is 0.301 e. The molecule has 0 amide bonds. The fraction of sp³-hybridized carbons (Fsp3) is 0.786. The molecule has 2 N–H and O–H groups in total. The van der Waals surface area contributed by atoms with E-state index >= 15 is 0 Å². The van der Waals surface area contributed by atoms with Gasteiger partial charge in [-0.15, -0.1) is 0 Å². The molecular weight excluding hydrogens is 229 g/mol. The molecule has 98 valence electrons. The predicted octanol–water partition coefficient (Wildman–Crippen LogP) is 1.42. The van der Waals surface area contributed by atoms with Crippen molar-refractivity contribution in [3.05, 3.63) is 0 Å². The van der Waals surface area contributed by atoms with E-state index in [1.807, 2.05) is 0 Å². The first-order valence-electron chi connectivity index (χ1n) is 6.71. The first-order chi connectivity index (χ1) is 8.70. The molecule has 2 fully saturated rings. The van der Waals surface area contributed by atoms with Crippen LogP contribution in [-0.4, -0.2) is 25.4 Å². The maximum atomic E-state index is 14.0. The average Bonchev–Trinajstić information content (AvgIpc) is 2.38. The first-order valence-corrected chi connectivity index (χ1v) is 6.71. The second-order valence-electron chi connectivity index (χ2n) is 5.48. The summed E-state index contributed by atoms with van der Waals surface area (Å²) in [4.78, 5) is 0. The van der Waals surface area contributed by atoms with Crippen molar-refractivity contribution < 1.29 is 4.39 Å². The minimum Gasteiger partial charge on any atom is -0.301 e. The molecule has 1 heterocycles. The molecular formula is C14H20FN3. The van der Waals surface area contributed by atoms with E-state index in [9.17, 15) is 4.39 Å². The van der Waals surface area contributed by atoms with E-state index in [4.69, 9.17) is 5.26 Å². The van der Waals surface area contributed by atoms with E-state index in [-0.39, 0.29) is 12.1 Å². The predicted molar refractivity (Wildman–Crippen MR) is 68.1 cm³/mol. The highest BCUT2D eigenvalue weighted by Crippen LogP contribution is 2.32. The molecule has 3 nitrogen and oxygen atoms in total. The van der Waals surface area contributed by atoms with Gasteiger partial charge in [0.05, 0.1) is 12.1 Å². The Kier molecular flexibility index (Phi) is 4.58. The van der Waals surface area contributed by atoms with Gasteiger partial charge in [-0.3, -0.25) is 0 Å². The third-order valence-corrected chi connectivity index (χ3v) is 3.97. The zero-order valence-corrected chi connectivity index (χ0v) is 10.7. The van der Waals surface area contributed by atoms with Gasteiger partial charge in [-0.2, -0.15) is 5.26 Å².